The van der Waals surface area contributed by atoms with E-state index in [0.29, 0.717) is 18.1 Å². The summed E-state index contributed by atoms with van der Waals surface area (Å²) in [6.45, 7) is 4.23. The van der Waals surface area contributed by atoms with Gasteiger partial charge in [0.15, 0.2) is 0 Å². The third kappa shape index (κ3) is 1.30. The highest BCUT2D eigenvalue weighted by Gasteiger charge is 2.45. The van der Waals surface area contributed by atoms with E-state index in [1.165, 1.54) is 25.7 Å². The van der Waals surface area contributed by atoms with Gasteiger partial charge in [0.2, 0.25) is 0 Å². The van der Waals surface area contributed by atoms with Gasteiger partial charge in [0.25, 0.3) is 0 Å². The van der Waals surface area contributed by atoms with Crippen molar-refractivity contribution in [2.45, 2.75) is 57.7 Å². The fourth-order valence-corrected chi connectivity index (χ4v) is 2.94. The second kappa shape index (κ2) is 3.44. The van der Waals surface area contributed by atoms with Crippen molar-refractivity contribution in [3.8, 4) is 0 Å². The van der Waals surface area contributed by atoms with E-state index in [1.54, 1.807) is 0 Å². The van der Waals surface area contributed by atoms with Gasteiger partial charge in [-0.1, -0.05) is 12.8 Å². The minimum absolute atomic E-state index is 0.233. The SMILES string of the molecule is CC(C)N1C(=O)N(C)C2CCCCC21. The quantitative estimate of drug-likeness (QED) is 0.630. The monoisotopic (exact) mass is 196 g/mol. The first-order valence-electron chi connectivity index (χ1n) is 5.68. The van der Waals surface area contributed by atoms with Crippen LogP contribution in [-0.4, -0.2) is 41.0 Å². The number of urea groups is 1. The Morgan fingerprint density at radius 1 is 1.21 bits per heavy atom. The number of nitrogens with zero attached hydrogens (tertiary/aromatic N) is 2. The Bertz CT molecular complexity index is 239. The number of amides is 2. The molecular weight excluding hydrogens is 176 g/mol. The van der Waals surface area contributed by atoms with Crippen LogP contribution < -0.4 is 0 Å². The zero-order chi connectivity index (χ0) is 10.3. The number of carbonyl (C=O) groups is 1. The first kappa shape index (κ1) is 9.81. The smallest absolute Gasteiger partial charge is 0.320 e. The number of carbonyl (C=O) groups excluding carboxylic acids is 1. The third-order valence-corrected chi connectivity index (χ3v) is 3.63. The zero-order valence-electron chi connectivity index (χ0n) is 9.36. The van der Waals surface area contributed by atoms with Gasteiger partial charge in [-0.25, -0.2) is 4.79 Å². The van der Waals surface area contributed by atoms with Crippen LogP contribution in [0.15, 0.2) is 0 Å². The molecule has 1 saturated heterocycles. The van der Waals surface area contributed by atoms with Crippen LogP contribution in [0.25, 0.3) is 0 Å². The molecule has 2 amide bonds. The van der Waals surface area contributed by atoms with E-state index in [2.05, 4.69) is 18.7 Å². The van der Waals surface area contributed by atoms with E-state index < -0.39 is 0 Å². The van der Waals surface area contributed by atoms with Gasteiger partial charge in [-0.05, 0) is 26.7 Å². The molecule has 0 N–H and O–H groups in total. The fraction of sp³-hybridized carbons (Fsp3) is 0.909. The molecule has 0 spiro atoms. The Kier molecular flexibility index (Phi) is 2.41. The van der Waals surface area contributed by atoms with E-state index in [4.69, 9.17) is 0 Å². The highest BCUT2D eigenvalue weighted by Crippen LogP contribution is 2.34. The molecule has 0 aromatic heterocycles. The Labute approximate surface area is 86.1 Å². The summed E-state index contributed by atoms with van der Waals surface area (Å²) in [6, 6.07) is 1.55. The second-order valence-electron chi connectivity index (χ2n) is 4.81. The Hall–Kier alpha value is -0.730. The molecular formula is C11H20N2O. The standard InChI is InChI=1S/C11H20N2O/c1-8(2)13-10-7-5-4-6-9(10)12(3)11(13)14/h8-10H,4-7H2,1-3H3. The first-order valence-corrected chi connectivity index (χ1v) is 5.68. The Morgan fingerprint density at radius 3 is 2.36 bits per heavy atom. The van der Waals surface area contributed by atoms with Gasteiger partial charge < -0.3 is 9.80 Å². The van der Waals surface area contributed by atoms with Crippen molar-refractivity contribution in [1.82, 2.24) is 9.80 Å². The van der Waals surface area contributed by atoms with Crippen LogP contribution in [0.4, 0.5) is 4.79 Å². The average Bonchev–Trinajstić information content (AvgIpc) is 2.41. The van der Waals surface area contributed by atoms with Crippen LogP contribution in [-0.2, 0) is 0 Å². The van der Waals surface area contributed by atoms with E-state index in [-0.39, 0.29) is 6.03 Å². The zero-order valence-corrected chi connectivity index (χ0v) is 9.36. The number of hydrogen-bond donors (Lipinski definition) is 0. The van der Waals surface area contributed by atoms with Crippen LogP contribution in [0.3, 0.4) is 0 Å². The summed E-state index contributed by atoms with van der Waals surface area (Å²) in [4.78, 5) is 16.0. The van der Waals surface area contributed by atoms with Gasteiger partial charge in [0, 0.05) is 13.1 Å². The predicted octanol–water partition coefficient (Wildman–Crippen LogP) is 2.07. The molecule has 3 heteroatoms. The molecule has 2 atom stereocenters. The van der Waals surface area contributed by atoms with E-state index in [1.807, 2.05) is 11.9 Å². The molecule has 0 bridgehead atoms. The van der Waals surface area contributed by atoms with Crippen molar-refractivity contribution < 1.29 is 4.79 Å². The lowest BCUT2D eigenvalue weighted by Crippen LogP contribution is -2.42. The number of fused-ring (bicyclic) bond motifs is 1. The third-order valence-electron chi connectivity index (χ3n) is 3.63. The highest BCUT2D eigenvalue weighted by atomic mass is 16.2. The molecule has 2 aliphatic rings. The first-order chi connectivity index (χ1) is 6.63. The van der Waals surface area contributed by atoms with Gasteiger partial charge in [-0.2, -0.15) is 0 Å². The maximum atomic E-state index is 12.0. The van der Waals surface area contributed by atoms with Crippen molar-refractivity contribution in [2.75, 3.05) is 7.05 Å². The summed E-state index contributed by atoms with van der Waals surface area (Å²) in [6.07, 6.45) is 4.95. The molecule has 2 unspecified atom stereocenters. The molecule has 80 valence electrons. The van der Waals surface area contributed by atoms with Crippen molar-refractivity contribution >= 4 is 6.03 Å². The van der Waals surface area contributed by atoms with Gasteiger partial charge in [0.05, 0.1) is 12.1 Å². The molecule has 1 aliphatic carbocycles. The lowest BCUT2D eigenvalue weighted by molar-refractivity contribution is 0.168. The predicted molar refractivity (Wildman–Crippen MR) is 56.2 cm³/mol. The summed E-state index contributed by atoms with van der Waals surface area (Å²) >= 11 is 0. The summed E-state index contributed by atoms with van der Waals surface area (Å²) in [5.74, 6) is 0. The van der Waals surface area contributed by atoms with Crippen LogP contribution in [0, 0.1) is 0 Å². The van der Waals surface area contributed by atoms with Crippen LogP contribution in [0.1, 0.15) is 39.5 Å². The average molecular weight is 196 g/mol. The topological polar surface area (TPSA) is 23.6 Å². The number of hydrogen-bond acceptors (Lipinski definition) is 1. The molecule has 0 aromatic carbocycles. The molecule has 2 rings (SSSR count). The van der Waals surface area contributed by atoms with Crippen molar-refractivity contribution in [3.05, 3.63) is 0 Å². The molecule has 0 radical (unpaired) electrons. The van der Waals surface area contributed by atoms with Crippen LogP contribution in [0.5, 0.6) is 0 Å². The molecule has 2 fully saturated rings. The van der Waals surface area contributed by atoms with Crippen LogP contribution in [0.2, 0.25) is 0 Å². The van der Waals surface area contributed by atoms with Gasteiger partial charge in [-0.3, -0.25) is 0 Å². The molecule has 1 aliphatic heterocycles. The van der Waals surface area contributed by atoms with E-state index >= 15 is 0 Å². The molecule has 1 saturated carbocycles. The maximum Gasteiger partial charge on any atom is 0.320 e. The summed E-state index contributed by atoms with van der Waals surface area (Å²) < 4.78 is 0. The number of likely N-dealkylation sites (N-methyl/N-ethyl adjacent to an activating group) is 1. The molecule has 0 aromatic rings. The summed E-state index contributed by atoms with van der Waals surface area (Å²) in [5, 5.41) is 0. The summed E-state index contributed by atoms with van der Waals surface area (Å²) in [7, 11) is 1.95. The van der Waals surface area contributed by atoms with Crippen molar-refractivity contribution in [3.63, 3.8) is 0 Å². The second-order valence-corrected chi connectivity index (χ2v) is 4.81. The lowest BCUT2D eigenvalue weighted by atomic mass is 9.90. The van der Waals surface area contributed by atoms with Crippen molar-refractivity contribution in [2.24, 2.45) is 0 Å². The lowest BCUT2D eigenvalue weighted by Gasteiger charge is -2.32. The highest BCUT2D eigenvalue weighted by molar-refractivity contribution is 5.78. The molecule has 1 heterocycles. The Morgan fingerprint density at radius 2 is 1.79 bits per heavy atom. The fourth-order valence-electron chi connectivity index (χ4n) is 2.94. The minimum Gasteiger partial charge on any atom is -0.323 e. The van der Waals surface area contributed by atoms with Crippen LogP contribution >= 0.6 is 0 Å². The number of rotatable bonds is 1. The van der Waals surface area contributed by atoms with Gasteiger partial charge >= 0.3 is 6.03 Å². The van der Waals surface area contributed by atoms with E-state index in [0.717, 1.165) is 0 Å². The van der Waals surface area contributed by atoms with Gasteiger partial charge in [0.1, 0.15) is 0 Å². The normalized spacial score (nSPS) is 32.7. The van der Waals surface area contributed by atoms with Gasteiger partial charge in [-0.15, -0.1) is 0 Å². The molecule has 14 heavy (non-hydrogen) atoms. The largest absolute Gasteiger partial charge is 0.323 e. The minimum atomic E-state index is 0.233. The summed E-state index contributed by atoms with van der Waals surface area (Å²) in [5.41, 5.74) is 0. The Balaban J connectivity index is 2.21. The van der Waals surface area contributed by atoms with Crippen molar-refractivity contribution in [1.29, 1.82) is 0 Å². The maximum absolute atomic E-state index is 12.0. The molecule has 3 nitrogen and oxygen atoms in total. The van der Waals surface area contributed by atoms with E-state index in [9.17, 15) is 4.79 Å².